The molecule has 8 nitrogen and oxygen atoms in total. The molecule has 0 aliphatic carbocycles. The number of anilines is 1. The van der Waals surface area contributed by atoms with Crippen LogP contribution >= 0.6 is 0 Å². The lowest BCUT2D eigenvalue weighted by molar-refractivity contribution is -0.127. The van der Waals surface area contributed by atoms with Crippen molar-refractivity contribution in [2.45, 2.75) is 0 Å². The first-order valence-electron chi connectivity index (χ1n) is 9.47. The first-order valence-corrected chi connectivity index (χ1v) is 9.47. The van der Waals surface area contributed by atoms with Crippen molar-refractivity contribution in [3.8, 4) is 17.1 Å². The summed E-state index contributed by atoms with van der Waals surface area (Å²) in [6, 6.07) is 18.9. The molecule has 1 aliphatic rings. The molecule has 0 atom stereocenters. The number of amides is 4. The molecule has 4 amide bonds. The summed E-state index contributed by atoms with van der Waals surface area (Å²) in [4.78, 5) is 37.9. The van der Waals surface area contributed by atoms with Crippen molar-refractivity contribution in [2.24, 2.45) is 0 Å². The largest absolute Gasteiger partial charge is 0.497 e. The number of imide groups is 1. The number of methoxy groups -OCH3 is 1. The molecule has 2 heterocycles. The number of rotatable bonds is 6. The zero-order valence-corrected chi connectivity index (χ0v) is 16.6. The SMILES string of the molecule is COc1cccc(-c2ccc(/C=C3\NC(=O)N(CC(=O)Nc4ccccc4)C3=O)o2)c1. The molecule has 8 heteroatoms. The Kier molecular flexibility index (Phi) is 5.53. The molecule has 3 aromatic rings. The summed E-state index contributed by atoms with van der Waals surface area (Å²) >= 11 is 0. The monoisotopic (exact) mass is 417 g/mol. The van der Waals surface area contributed by atoms with Crippen molar-refractivity contribution in [2.75, 3.05) is 19.0 Å². The fraction of sp³-hybridized carbons (Fsp3) is 0.0870. The van der Waals surface area contributed by atoms with Crippen LogP contribution in [0.15, 0.2) is 76.8 Å². The maximum absolute atomic E-state index is 12.6. The Hall–Kier alpha value is -4.33. The molecule has 1 aliphatic heterocycles. The Morgan fingerprint density at radius 1 is 1.10 bits per heavy atom. The number of nitrogens with one attached hydrogen (secondary N) is 2. The number of hydrogen-bond donors (Lipinski definition) is 2. The molecule has 31 heavy (non-hydrogen) atoms. The van der Waals surface area contributed by atoms with Crippen molar-refractivity contribution < 1.29 is 23.5 Å². The number of carbonyl (C=O) groups excluding carboxylic acids is 3. The summed E-state index contributed by atoms with van der Waals surface area (Å²) in [7, 11) is 1.58. The molecule has 156 valence electrons. The molecule has 2 N–H and O–H groups in total. The zero-order valence-electron chi connectivity index (χ0n) is 16.6. The molecule has 0 bridgehead atoms. The Labute approximate surface area is 178 Å². The van der Waals surface area contributed by atoms with Crippen LogP contribution < -0.4 is 15.4 Å². The van der Waals surface area contributed by atoms with Gasteiger partial charge in [-0.3, -0.25) is 9.59 Å². The second-order valence-corrected chi connectivity index (χ2v) is 6.73. The van der Waals surface area contributed by atoms with E-state index in [0.29, 0.717) is 23.0 Å². The zero-order chi connectivity index (χ0) is 21.8. The van der Waals surface area contributed by atoms with E-state index in [2.05, 4.69) is 10.6 Å². The molecular formula is C23H19N3O5. The maximum Gasteiger partial charge on any atom is 0.329 e. The molecule has 4 rings (SSSR count). The highest BCUT2D eigenvalue weighted by atomic mass is 16.5. The van der Waals surface area contributed by atoms with E-state index in [9.17, 15) is 14.4 Å². The van der Waals surface area contributed by atoms with E-state index in [0.717, 1.165) is 10.5 Å². The lowest BCUT2D eigenvalue weighted by atomic mass is 10.2. The van der Waals surface area contributed by atoms with Gasteiger partial charge in [0.05, 0.1) is 7.11 Å². The number of nitrogens with zero attached hydrogens (tertiary/aromatic N) is 1. The predicted molar refractivity (Wildman–Crippen MR) is 114 cm³/mol. The van der Waals surface area contributed by atoms with Gasteiger partial charge in [0, 0.05) is 17.3 Å². The lowest BCUT2D eigenvalue weighted by Crippen LogP contribution is -2.38. The van der Waals surface area contributed by atoms with Gasteiger partial charge < -0.3 is 19.8 Å². The summed E-state index contributed by atoms with van der Waals surface area (Å²) in [6.45, 7) is -0.399. The van der Waals surface area contributed by atoms with Crippen molar-refractivity contribution in [1.29, 1.82) is 0 Å². The Balaban J connectivity index is 1.46. The van der Waals surface area contributed by atoms with Crippen LogP contribution in [0.2, 0.25) is 0 Å². The lowest BCUT2D eigenvalue weighted by Gasteiger charge is -2.11. The predicted octanol–water partition coefficient (Wildman–Crippen LogP) is 3.49. The molecule has 0 saturated carbocycles. The van der Waals surface area contributed by atoms with Crippen LogP contribution in [0.3, 0.4) is 0 Å². The Morgan fingerprint density at radius 2 is 1.90 bits per heavy atom. The van der Waals surface area contributed by atoms with E-state index < -0.39 is 24.4 Å². The molecule has 0 spiro atoms. The fourth-order valence-corrected chi connectivity index (χ4v) is 3.08. The summed E-state index contributed by atoms with van der Waals surface area (Å²) < 4.78 is 11.0. The van der Waals surface area contributed by atoms with Gasteiger partial charge in [-0.05, 0) is 36.4 Å². The highest BCUT2D eigenvalue weighted by Gasteiger charge is 2.35. The third-order valence-corrected chi connectivity index (χ3v) is 4.59. The van der Waals surface area contributed by atoms with Crippen molar-refractivity contribution in [3.63, 3.8) is 0 Å². The number of urea groups is 1. The first kappa shape index (κ1) is 20.0. The highest BCUT2D eigenvalue weighted by molar-refractivity contribution is 6.15. The van der Waals surface area contributed by atoms with Gasteiger partial charge in [0.2, 0.25) is 5.91 Å². The fourth-order valence-electron chi connectivity index (χ4n) is 3.08. The number of benzene rings is 2. The van der Waals surface area contributed by atoms with E-state index in [1.54, 1.807) is 43.5 Å². The number of ether oxygens (including phenoxy) is 1. The van der Waals surface area contributed by atoms with E-state index in [-0.39, 0.29) is 5.70 Å². The van der Waals surface area contributed by atoms with E-state index in [1.807, 2.05) is 30.3 Å². The summed E-state index contributed by atoms with van der Waals surface area (Å²) in [5.41, 5.74) is 1.42. The van der Waals surface area contributed by atoms with Gasteiger partial charge in [0.1, 0.15) is 29.5 Å². The summed E-state index contributed by atoms with van der Waals surface area (Å²) in [6.07, 6.45) is 1.43. The van der Waals surface area contributed by atoms with Gasteiger partial charge in [-0.25, -0.2) is 9.69 Å². The van der Waals surface area contributed by atoms with Crippen LogP contribution in [0.4, 0.5) is 10.5 Å². The second kappa shape index (κ2) is 8.58. The minimum Gasteiger partial charge on any atom is -0.497 e. The van der Waals surface area contributed by atoms with Crippen LogP contribution in [0.5, 0.6) is 5.75 Å². The first-order chi connectivity index (χ1) is 15.0. The highest BCUT2D eigenvalue weighted by Crippen LogP contribution is 2.27. The number of hydrogen-bond acceptors (Lipinski definition) is 5. The van der Waals surface area contributed by atoms with Gasteiger partial charge in [-0.2, -0.15) is 0 Å². The summed E-state index contributed by atoms with van der Waals surface area (Å²) in [5.74, 6) is 0.580. The molecular weight excluding hydrogens is 398 g/mol. The Bertz CT molecular complexity index is 1170. The van der Waals surface area contributed by atoms with Crippen LogP contribution in [0.25, 0.3) is 17.4 Å². The van der Waals surface area contributed by atoms with E-state index in [4.69, 9.17) is 9.15 Å². The van der Waals surface area contributed by atoms with E-state index in [1.165, 1.54) is 6.08 Å². The molecule has 0 unspecified atom stereocenters. The van der Waals surface area contributed by atoms with Crippen molar-refractivity contribution >= 4 is 29.6 Å². The minimum absolute atomic E-state index is 0.0315. The smallest absolute Gasteiger partial charge is 0.329 e. The number of para-hydroxylation sites is 1. The van der Waals surface area contributed by atoms with Gasteiger partial charge in [0.15, 0.2) is 0 Å². The summed E-state index contributed by atoms with van der Waals surface area (Å²) in [5, 5.41) is 5.12. The third kappa shape index (κ3) is 4.48. The number of furan rings is 1. The molecule has 2 aromatic carbocycles. The average molecular weight is 417 g/mol. The maximum atomic E-state index is 12.6. The number of carbonyl (C=O) groups is 3. The second-order valence-electron chi connectivity index (χ2n) is 6.73. The van der Waals surface area contributed by atoms with Gasteiger partial charge in [-0.1, -0.05) is 30.3 Å². The van der Waals surface area contributed by atoms with Crippen LogP contribution in [0.1, 0.15) is 5.76 Å². The third-order valence-electron chi connectivity index (χ3n) is 4.59. The van der Waals surface area contributed by atoms with Gasteiger partial charge in [0.25, 0.3) is 5.91 Å². The van der Waals surface area contributed by atoms with Crippen molar-refractivity contribution in [1.82, 2.24) is 10.2 Å². The molecule has 1 saturated heterocycles. The Morgan fingerprint density at radius 3 is 2.68 bits per heavy atom. The van der Waals surface area contributed by atoms with Crippen LogP contribution in [0, 0.1) is 0 Å². The molecule has 1 aromatic heterocycles. The molecule has 0 radical (unpaired) electrons. The quantitative estimate of drug-likeness (QED) is 0.472. The van der Waals surface area contributed by atoms with Gasteiger partial charge in [-0.15, -0.1) is 0 Å². The van der Waals surface area contributed by atoms with Gasteiger partial charge >= 0.3 is 6.03 Å². The normalized spacial score (nSPS) is 14.6. The van der Waals surface area contributed by atoms with Crippen LogP contribution in [-0.2, 0) is 9.59 Å². The standard InChI is InChI=1S/C23H19N3O5/c1-30-17-9-5-6-15(12-17)20-11-10-18(31-20)13-19-22(28)26(23(29)25-19)14-21(27)24-16-7-3-2-4-8-16/h2-13H,14H2,1H3,(H,24,27)(H,25,29)/b19-13-. The minimum atomic E-state index is -0.668. The average Bonchev–Trinajstić information content (AvgIpc) is 3.35. The van der Waals surface area contributed by atoms with E-state index >= 15 is 0 Å². The molecule has 1 fully saturated rings. The van der Waals surface area contributed by atoms with Crippen LogP contribution in [-0.4, -0.2) is 36.4 Å². The topological polar surface area (TPSA) is 101 Å². The van der Waals surface area contributed by atoms with Crippen molar-refractivity contribution in [3.05, 3.63) is 78.2 Å².